The summed E-state index contributed by atoms with van der Waals surface area (Å²) in [5, 5.41) is 9.81. The zero-order chi connectivity index (χ0) is 14.1. The van der Waals surface area contributed by atoms with E-state index < -0.39 is 0 Å². The van der Waals surface area contributed by atoms with Crippen LogP contribution in [-0.4, -0.2) is 21.1 Å². The van der Waals surface area contributed by atoms with Crippen molar-refractivity contribution < 1.29 is 0 Å². The van der Waals surface area contributed by atoms with Crippen molar-refractivity contribution in [3.05, 3.63) is 28.5 Å². The fourth-order valence-corrected chi connectivity index (χ4v) is 4.30. The molecule has 0 saturated heterocycles. The summed E-state index contributed by atoms with van der Waals surface area (Å²) in [5.41, 5.74) is 2.79. The summed E-state index contributed by atoms with van der Waals surface area (Å²) >= 11 is 7.46. The van der Waals surface area contributed by atoms with Crippen LogP contribution in [-0.2, 0) is 0 Å². The number of nitrogens with zero attached hydrogens (tertiary/aromatic N) is 2. The molecule has 20 heavy (non-hydrogen) atoms. The molecule has 3 rings (SSSR count). The molecule has 104 valence electrons. The normalized spacial score (nSPS) is 22.8. The lowest BCUT2D eigenvalue weighted by molar-refractivity contribution is 0.365. The van der Waals surface area contributed by atoms with Gasteiger partial charge >= 0.3 is 0 Å². The lowest BCUT2D eigenvalue weighted by Crippen LogP contribution is -2.20. The molecule has 1 aromatic heterocycles. The van der Waals surface area contributed by atoms with Gasteiger partial charge in [0.15, 0.2) is 4.77 Å². The lowest BCUT2D eigenvalue weighted by atomic mass is 9.94. The van der Waals surface area contributed by atoms with Crippen LogP contribution >= 0.6 is 24.0 Å². The number of fused-ring (bicyclic) bond motifs is 1. The standard InChI is InChI=1S/C15H17N3S2/c1-20-12-4-2-3-11(8-12)18-14-7-10(9-16)5-6-13(14)17-15(18)19/h5-7,11-12H,2-4,8H2,1H3,(H,17,19). The zero-order valence-corrected chi connectivity index (χ0v) is 13.1. The van der Waals surface area contributed by atoms with Crippen LogP contribution in [0.15, 0.2) is 18.2 Å². The van der Waals surface area contributed by atoms with Crippen molar-refractivity contribution in [2.75, 3.05) is 6.26 Å². The third kappa shape index (κ3) is 2.38. The molecular weight excluding hydrogens is 286 g/mol. The predicted octanol–water partition coefficient (Wildman–Crippen LogP) is 4.42. The van der Waals surface area contributed by atoms with Gasteiger partial charge in [-0.05, 0) is 55.9 Å². The van der Waals surface area contributed by atoms with Crippen molar-refractivity contribution >= 4 is 35.0 Å². The summed E-state index contributed by atoms with van der Waals surface area (Å²) in [5.74, 6) is 0. The molecule has 2 aromatic rings. The van der Waals surface area contributed by atoms with Gasteiger partial charge in [0.25, 0.3) is 0 Å². The Balaban J connectivity index is 2.08. The maximum atomic E-state index is 9.09. The number of H-pyrrole nitrogens is 1. The summed E-state index contributed by atoms with van der Waals surface area (Å²) in [4.78, 5) is 3.27. The Morgan fingerprint density at radius 2 is 2.30 bits per heavy atom. The van der Waals surface area contributed by atoms with Crippen LogP contribution in [0.25, 0.3) is 11.0 Å². The molecule has 3 nitrogen and oxygen atoms in total. The Labute approximate surface area is 128 Å². The van der Waals surface area contributed by atoms with Gasteiger partial charge in [0, 0.05) is 11.3 Å². The topological polar surface area (TPSA) is 44.5 Å². The molecule has 1 fully saturated rings. The number of rotatable bonds is 2. The maximum Gasteiger partial charge on any atom is 0.178 e. The smallest absolute Gasteiger partial charge is 0.178 e. The first-order valence-corrected chi connectivity index (χ1v) is 8.59. The second kappa shape index (κ2) is 5.63. The van der Waals surface area contributed by atoms with Gasteiger partial charge in [-0.2, -0.15) is 17.0 Å². The molecule has 1 heterocycles. The van der Waals surface area contributed by atoms with Crippen LogP contribution in [0.4, 0.5) is 0 Å². The number of aromatic nitrogens is 2. The molecule has 0 spiro atoms. The zero-order valence-electron chi connectivity index (χ0n) is 11.4. The Bertz CT molecular complexity index is 723. The van der Waals surface area contributed by atoms with Gasteiger partial charge < -0.3 is 9.55 Å². The molecule has 2 unspecified atom stereocenters. The molecule has 2 atom stereocenters. The third-order valence-electron chi connectivity index (χ3n) is 4.14. The summed E-state index contributed by atoms with van der Waals surface area (Å²) in [7, 11) is 0. The molecule has 1 aliphatic rings. The van der Waals surface area contributed by atoms with Crippen molar-refractivity contribution in [1.29, 1.82) is 5.26 Å². The molecule has 1 aliphatic carbocycles. The third-order valence-corrected chi connectivity index (χ3v) is 5.54. The molecule has 5 heteroatoms. The van der Waals surface area contributed by atoms with Crippen molar-refractivity contribution in [2.24, 2.45) is 0 Å². The first-order chi connectivity index (χ1) is 9.72. The van der Waals surface area contributed by atoms with Crippen LogP contribution in [0.5, 0.6) is 0 Å². The number of nitrogens with one attached hydrogen (secondary N) is 1. The molecule has 1 saturated carbocycles. The van der Waals surface area contributed by atoms with Crippen molar-refractivity contribution in [3.8, 4) is 6.07 Å². The molecule has 0 amide bonds. The Kier molecular flexibility index (Phi) is 3.86. The van der Waals surface area contributed by atoms with E-state index in [9.17, 15) is 0 Å². The summed E-state index contributed by atoms with van der Waals surface area (Å²) < 4.78 is 3.01. The van der Waals surface area contributed by atoms with Crippen molar-refractivity contribution in [1.82, 2.24) is 9.55 Å². The van der Waals surface area contributed by atoms with Gasteiger partial charge in [0.2, 0.25) is 0 Å². The van der Waals surface area contributed by atoms with Crippen LogP contribution < -0.4 is 0 Å². The summed E-state index contributed by atoms with van der Waals surface area (Å²) in [6.45, 7) is 0. The average Bonchev–Trinajstić information content (AvgIpc) is 2.82. The van der Waals surface area contributed by atoms with E-state index in [4.69, 9.17) is 17.5 Å². The van der Waals surface area contributed by atoms with E-state index in [1.54, 1.807) is 0 Å². The maximum absolute atomic E-state index is 9.09. The average molecular weight is 303 g/mol. The lowest BCUT2D eigenvalue weighted by Gasteiger charge is -2.29. The Hall–Kier alpha value is -1.25. The monoisotopic (exact) mass is 303 g/mol. The summed E-state index contributed by atoms with van der Waals surface area (Å²) in [6, 6.07) is 8.41. The number of hydrogen-bond donors (Lipinski definition) is 1. The quantitative estimate of drug-likeness (QED) is 0.835. The highest BCUT2D eigenvalue weighted by Gasteiger charge is 2.24. The van der Waals surface area contributed by atoms with E-state index in [1.165, 1.54) is 25.7 Å². The minimum Gasteiger partial charge on any atom is -0.331 e. The van der Waals surface area contributed by atoms with Crippen LogP contribution in [0.2, 0.25) is 0 Å². The molecular formula is C15H17N3S2. The van der Waals surface area contributed by atoms with Crippen LogP contribution in [0.3, 0.4) is 0 Å². The van der Waals surface area contributed by atoms with Gasteiger partial charge in [0.1, 0.15) is 0 Å². The fraction of sp³-hybridized carbons (Fsp3) is 0.467. The van der Waals surface area contributed by atoms with E-state index in [0.717, 1.165) is 21.1 Å². The van der Waals surface area contributed by atoms with E-state index in [-0.39, 0.29) is 0 Å². The highest BCUT2D eigenvalue weighted by molar-refractivity contribution is 7.99. The van der Waals surface area contributed by atoms with Crippen LogP contribution in [0.1, 0.15) is 37.3 Å². The second-order valence-electron chi connectivity index (χ2n) is 5.32. The van der Waals surface area contributed by atoms with Crippen molar-refractivity contribution in [3.63, 3.8) is 0 Å². The predicted molar refractivity (Wildman–Crippen MR) is 86.6 cm³/mol. The van der Waals surface area contributed by atoms with E-state index in [2.05, 4.69) is 21.9 Å². The fourth-order valence-electron chi connectivity index (χ4n) is 3.12. The number of thioether (sulfide) groups is 1. The van der Waals surface area contributed by atoms with Crippen LogP contribution in [0, 0.1) is 16.1 Å². The number of hydrogen-bond acceptors (Lipinski definition) is 3. The van der Waals surface area contributed by atoms with Gasteiger partial charge in [-0.3, -0.25) is 0 Å². The first kappa shape index (κ1) is 13.7. The number of aromatic amines is 1. The molecule has 1 aromatic carbocycles. The largest absolute Gasteiger partial charge is 0.331 e. The van der Waals surface area contributed by atoms with Gasteiger partial charge in [-0.25, -0.2) is 0 Å². The summed E-state index contributed by atoms with van der Waals surface area (Å²) in [6.07, 6.45) is 7.09. The van der Waals surface area contributed by atoms with Gasteiger partial charge in [-0.1, -0.05) is 6.42 Å². The minimum absolute atomic E-state index is 0.455. The number of nitriles is 1. The second-order valence-corrected chi connectivity index (χ2v) is 6.85. The molecule has 0 radical (unpaired) electrons. The molecule has 0 aliphatic heterocycles. The highest BCUT2D eigenvalue weighted by atomic mass is 32.2. The van der Waals surface area contributed by atoms with E-state index in [1.807, 2.05) is 30.0 Å². The molecule has 0 bridgehead atoms. The number of benzene rings is 1. The SMILES string of the molecule is CSC1CCCC(n2c(=S)[nH]c3ccc(C#N)cc32)C1. The molecule has 1 N–H and O–H groups in total. The van der Waals surface area contributed by atoms with Gasteiger partial charge in [-0.15, -0.1) is 0 Å². The van der Waals surface area contributed by atoms with Crippen molar-refractivity contribution in [2.45, 2.75) is 37.0 Å². The Morgan fingerprint density at radius 3 is 3.05 bits per heavy atom. The number of imidazole rings is 1. The Morgan fingerprint density at radius 1 is 1.45 bits per heavy atom. The van der Waals surface area contributed by atoms with Gasteiger partial charge in [0.05, 0.1) is 22.7 Å². The van der Waals surface area contributed by atoms with E-state index in [0.29, 0.717) is 11.6 Å². The first-order valence-electron chi connectivity index (χ1n) is 6.90. The minimum atomic E-state index is 0.455. The highest BCUT2D eigenvalue weighted by Crippen LogP contribution is 2.36. The van der Waals surface area contributed by atoms with E-state index >= 15 is 0 Å².